The molecular formula is C16H29ClKNO4. The minimum absolute atomic E-state index is 0. The van der Waals surface area contributed by atoms with Crippen LogP contribution < -0.4 is 56.5 Å². The van der Waals surface area contributed by atoms with E-state index in [0.717, 1.165) is 25.9 Å². The number of halogens is 1. The third-order valence-electron chi connectivity index (χ3n) is 4.47. The van der Waals surface area contributed by atoms with Gasteiger partial charge in [0.15, 0.2) is 11.8 Å². The summed E-state index contributed by atoms with van der Waals surface area (Å²) in [6.45, 7) is 11.0. The number of carbonyl (C=O) groups excluding carboxylic acids is 2. The number of rotatable bonds is 3. The molecule has 2 bridgehead atoms. The number of esters is 1. The number of nitrogens with zero attached hydrogens (tertiary/aromatic N) is 1. The van der Waals surface area contributed by atoms with Gasteiger partial charge in [0, 0.05) is 18.5 Å². The number of hydrogen-bond acceptors (Lipinski definition) is 5. The fourth-order valence-electron chi connectivity index (χ4n) is 2.50. The molecule has 1 atom stereocenters. The zero-order chi connectivity index (χ0) is 16.3. The number of Topliss-reactive ketones (excluding diaryl/α,β-unsaturated/α-hetero) is 1. The van der Waals surface area contributed by atoms with Crippen LogP contribution in [0.15, 0.2) is 0 Å². The molecule has 23 heavy (non-hydrogen) atoms. The molecular weight excluding hydrogens is 345 g/mol. The van der Waals surface area contributed by atoms with Crippen molar-refractivity contribution < 1.29 is 70.8 Å². The Kier molecular flexibility index (Phi) is 12.4. The van der Waals surface area contributed by atoms with Gasteiger partial charge in [-0.1, -0.05) is 34.1 Å². The predicted molar refractivity (Wildman–Crippen MR) is 86.0 cm³/mol. The summed E-state index contributed by atoms with van der Waals surface area (Å²) in [5, 5.41) is 10.5. The molecule has 3 fully saturated rings. The van der Waals surface area contributed by atoms with Gasteiger partial charge in [0.2, 0.25) is 0 Å². The van der Waals surface area contributed by atoms with Crippen LogP contribution in [0.2, 0.25) is 0 Å². The van der Waals surface area contributed by atoms with E-state index in [0.29, 0.717) is 13.0 Å². The van der Waals surface area contributed by atoms with Crippen LogP contribution in [0, 0.1) is 5.41 Å². The topological polar surface area (TPSA) is 69.7 Å². The van der Waals surface area contributed by atoms with E-state index in [4.69, 9.17) is 4.74 Å². The number of ketones is 1. The molecule has 3 saturated heterocycles. The first-order chi connectivity index (χ1) is 9.64. The van der Waals surface area contributed by atoms with Gasteiger partial charge in [0.1, 0.15) is 0 Å². The Bertz CT molecular complexity index is 390. The zero-order valence-electron chi connectivity index (χ0n) is 15.3. The van der Waals surface area contributed by atoms with Crippen molar-refractivity contribution in [2.45, 2.75) is 65.5 Å². The minimum atomic E-state index is -0.708. The van der Waals surface area contributed by atoms with E-state index in [1.54, 1.807) is 20.8 Å². The molecule has 7 heteroatoms. The normalized spacial score (nSPS) is 28.7. The van der Waals surface area contributed by atoms with Gasteiger partial charge in [-0.05, 0) is 19.8 Å². The molecule has 130 valence electrons. The van der Waals surface area contributed by atoms with Crippen LogP contribution in [0.3, 0.4) is 0 Å². The maximum Gasteiger partial charge on any atom is 1.00 e. The average Bonchev–Trinajstić information content (AvgIpc) is 2.41. The Morgan fingerprint density at radius 1 is 1.35 bits per heavy atom. The smallest absolute Gasteiger partial charge is 0.850 e. The fourth-order valence-corrected chi connectivity index (χ4v) is 2.50. The Morgan fingerprint density at radius 3 is 2.13 bits per heavy atom. The van der Waals surface area contributed by atoms with Gasteiger partial charge in [-0.15, -0.1) is 18.0 Å². The van der Waals surface area contributed by atoms with Crippen molar-refractivity contribution >= 4 is 24.2 Å². The Morgan fingerprint density at radius 2 is 1.78 bits per heavy atom. The first-order valence-electron chi connectivity index (χ1n) is 7.80. The van der Waals surface area contributed by atoms with Gasteiger partial charge in [-0.25, -0.2) is 4.79 Å². The monoisotopic (exact) mass is 373 g/mol. The van der Waals surface area contributed by atoms with Crippen LogP contribution >= 0.6 is 12.4 Å². The number of hydrogen-bond donors (Lipinski definition) is 0. The first kappa shape index (κ1) is 26.2. The van der Waals surface area contributed by atoms with E-state index in [2.05, 4.69) is 0 Å². The summed E-state index contributed by atoms with van der Waals surface area (Å²) in [6, 6.07) is -0.627. The van der Waals surface area contributed by atoms with Crippen molar-refractivity contribution in [3.63, 3.8) is 0 Å². The van der Waals surface area contributed by atoms with Gasteiger partial charge >= 0.3 is 57.4 Å². The van der Waals surface area contributed by atoms with Crippen LogP contribution in [-0.4, -0.2) is 48.0 Å². The van der Waals surface area contributed by atoms with E-state index in [1.165, 1.54) is 0 Å². The second-order valence-electron chi connectivity index (χ2n) is 6.73. The average molecular weight is 374 g/mol. The van der Waals surface area contributed by atoms with Crippen molar-refractivity contribution in [3.8, 4) is 0 Å². The summed E-state index contributed by atoms with van der Waals surface area (Å²) >= 11 is 0. The molecule has 0 N–H and O–H groups in total. The molecule has 0 spiro atoms. The van der Waals surface area contributed by atoms with Crippen molar-refractivity contribution in [2.24, 2.45) is 5.41 Å². The predicted octanol–water partition coefficient (Wildman–Crippen LogP) is -1.44. The second kappa shape index (κ2) is 10.9. The maximum atomic E-state index is 12.1. The summed E-state index contributed by atoms with van der Waals surface area (Å²) in [7, 11) is 0. The molecule has 0 radical (unpaired) electrons. The van der Waals surface area contributed by atoms with Gasteiger partial charge in [0.05, 0.1) is 6.61 Å². The number of fused-ring (bicyclic) bond motifs is 3. The molecule has 0 amide bonds. The van der Waals surface area contributed by atoms with Crippen molar-refractivity contribution in [2.75, 3.05) is 19.7 Å². The van der Waals surface area contributed by atoms with E-state index < -0.39 is 11.6 Å². The summed E-state index contributed by atoms with van der Waals surface area (Å²) in [4.78, 5) is 25.7. The van der Waals surface area contributed by atoms with Crippen molar-refractivity contribution in [1.82, 2.24) is 4.90 Å². The first-order valence-corrected chi connectivity index (χ1v) is 7.80. The molecule has 0 aromatic heterocycles. The van der Waals surface area contributed by atoms with Crippen molar-refractivity contribution in [3.05, 3.63) is 0 Å². The third kappa shape index (κ3) is 7.40. The van der Waals surface area contributed by atoms with Crippen molar-refractivity contribution in [1.29, 1.82) is 0 Å². The van der Waals surface area contributed by atoms with Crippen LogP contribution in [-0.2, 0) is 14.3 Å². The zero-order valence-corrected chi connectivity index (χ0v) is 19.2. The van der Waals surface area contributed by atoms with E-state index in [-0.39, 0.29) is 81.0 Å². The summed E-state index contributed by atoms with van der Waals surface area (Å²) in [5.74, 6) is -0.313. The molecule has 0 aliphatic carbocycles. The standard InChI is InChI=1S/C11H17NO3.C5H11O.ClH.K/c1-3-15-10(14)8-9(13)11(2)4-6-12(8)7-5-11;1-4-5(2,3)6;;/h8H,3-7H2,1-2H3;4H2,1-3H3;1H;/q;-1;;+1. The van der Waals surface area contributed by atoms with Crippen LogP contribution in [0.5, 0.6) is 0 Å². The Hall–Kier alpha value is 0.986. The fraction of sp³-hybridized carbons (Fsp3) is 0.875. The van der Waals surface area contributed by atoms with E-state index in [1.807, 2.05) is 18.7 Å². The summed E-state index contributed by atoms with van der Waals surface area (Å²) in [5.41, 5.74) is -0.994. The molecule has 0 aromatic rings. The number of carbonyl (C=O) groups is 2. The van der Waals surface area contributed by atoms with Crippen LogP contribution in [0.25, 0.3) is 0 Å². The van der Waals surface area contributed by atoms with E-state index in [9.17, 15) is 14.7 Å². The van der Waals surface area contributed by atoms with Gasteiger partial charge in [-0.3, -0.25) is 9.69 Å². The van der Waals surface area contributed by atoms with Crippen LogP contribution in [0.1, 0.15) is 53.9 Å². The molecule has 3 rings (SSSR count). The minimum Gasteiger partial charge on any atom is -0.850 e. The molecule has 3 aliphatic heterocycles. The summed E-state index contributed by atoms with van der Waals surface area (Å²) in [6.07, 6.45) is 2.47. The summed E-state index contributed by atoms with van der Waals surface area (Å²) < 4.78 is 4.95. The quantitative estimate of drug-likeness (QED) is 0.344. The van der Waals surface area contributed by atoms with E-state index >= 15 is 0 Å². The number of piperidine rings is 3. The number of ether oxygens (including phenoxy) is 1. The molecule has 0 saturated carbocycles. The van der Waals surface area contributed by atoms with Gasteiger partial charge in [-0.2, -0.15) is 0 Å². The van der Waals surface area contributed by atoms with Gasteiger partial charge < -0.3 is 9.84 Å². The molecule has 3 aliphatic rings. The van der Waals surface area contributed by atoms with Crippen LogP contribution in [0.4, 0.5) is 0 Å². The molecule has 5 nitrogen and oxygen atoms in total. The van der Waals surface area contributed by atoms with Gasteiger partial charge in [0.25, 0.3) is 0 Å². The Labute approximate surface area is 188 Å². The molecule has 0 aromatic carbocycles. The SMILES string of the molecule is CCC(C)(C)[O-].CCOC(=O)C1C(=O)C2(C)CCN1CC2.Cl.[K+]. The maximum absolute atomic E-state index is 12.1. The Balaban J connectivity index is 0. The third-order valence-corrected chi connectivity index (χ3v) is 4.47. The molecule has 1 unspecified atom stereocenters. The second-order valence-corrected chi connectivity index (χ2v) is 6.73. The molecule has 3 heterocycles. The largest absolute Gasteiger partial charge is 1.00 e.